The molecule has 2 aromatic rings. The maximum atomic E-state index is 12.6. The zero-order chi connectivity index (χ0) is 19.2. The molecule has 0 saturated carbocycles. The van der Waals surface area contributed by atoms with Crippen molar-refractivity contribution in [1.82, 2.24) is 15.1 Å². The van der Waals surface area contributed by atoms with Crippen LogP contribution in [0, 0.1) is 0 Å². The fraction of sp³-hybridized carbons (Fsp3) is 0.409. The molecule has 0 aliphatic carbocycles. The predicted molar refractivity (Wildman–Crippen MR) is 111 cm³/mol. The summed E-state index contributed by atoms with van der Waals surface area (Å²) in [5.74, 6) is 0.0919. The van der Waals surface area contributed by atoms with Gasteiger partial charge in [0.25, 0.3) is 5.91 Å². The monoisotopic (exact) mass is 366 g/mol. The lowest BCUT2D eigenvalue weighted by Crippen LogP contribution is -2.45. The molecule has 0 radical (unpaired) electrons. The number of nitrogens with zero attached hydrogens (tertiary/aromatic N) is 2. The number of rotatable bonds is 6. The summed E-state index contributed by atoms with van der Waals surface area (Å²) in [5.41, 5.74) is 9.96. The van der Waals surface area contributed by atoms with Gasteiger partial charge in [-0.2, -0.15) is 0 Å². The quantitative estimate of drug-likeness (QED) is 0.772. The first-order chi connectivity index (χ1) is 13.1. The van der Waals surface area contributed by atoms with Gasteiger partial charge in [0.1, 0.15) is 0 Å². The molecule has 144 valence electrons. The van der Waals surface area contributed by atoms with Crippen LogP contribution in [-0.4, -0.2) is 55.0 Å². The number of hydrogen-bond acceptors (Lipinski definition) is 4. The van der Waals surface area contributed by atoms with Crippen LogP contribution in [0.4, 0.5) is 5.69 Å². The first kappa shape index (κ1) is 19.4. The van der Waals surface area contributed by atoms with E-state index in [0.717, 1.165) is 50.5 Å². The molecule has 1 heterocycles. The molecule has 2 aromatic carbocycles. The van der Waals surface area contributed by atoms with E-state index >= 15 is 0 Å². The average molecular weight is 367 g/mol. The third kappa shape index (κ3) is 4.49. The van der Waals surface area contributed by atoms with Gasteiger partial charge in [-0.15, -0.1) is 0 Å². The number of benzene rings is 2. The van der Waals surface area contributed by atoms with Crippen LogP contribution in [0.15, 0.2) is 48.5 Å². The van der Waals surface area contributed by atoms with Crippen LogP contribution in [0.1, 0.15) is 41.4 Å². The van der Waals surface area contributed by atoms with Crippen molar-refractivity contribution in [3.8, 4) is 0 Å². The van der Waals surface area contributed by atoms with Crippen molar-refractivity contribution in [2.45, 2.75) is 19.9 Å². The number of carbonyl (C=O) groups excluding carboxylic acids is 1. The summed E-state index contributed by atoms with van der Waals surface area (Å²) in [6.45, 7) is 9.41. The van der Waals surface area contributed by atoms with Crippen LogP contribution in [0.25, 0.3) is 0 Å². The smallest absolute Gasteiger partial charge is 0.253 e. The molecule has 1 aliphatic heterocycles. The second kappa shape index (κ2) is 9.02. The molecule has 27 heavy (non-hydrogen) atoms. The number of nitrogen functional groups attached to an aromatic ring is 1. The Balaban J connectivity index is 1.91. The van der Waals surface area contributed by atoms with Gasteiger partial charge in [0.2, 0.25) is 0 Å². The second-order valence-electron chi connectivity index (χ2n) is 6.96. The number of carbonyl (C=O) groups is 1. The Bertz CT molecular complexity index is 749. The van der Waals surface area contributed by atoms with Crippen molar-refractivity contribution in [3.63, 3.8) is 0 Å². The lowest BCUT2D eigenvalue weighted by molar-refractivity contribution is 0.0773. The fourth-order valence-corrected chi connectivity index (χ4v) is 3.78. The Hall–Kier alpha value is -2.37. The van der Waals surface area contributed by atoms with Gasteiger partial charge >= 0.3 is 0 Å². The summed E-state index contributed by atoms with van der Waals surface area (Å²) in [4.78, 5) is 16.9. The first-order valence-corrected chi connectivity index (χ1v) is 9.83. The zero-order valence-electron chi connectivity index (χ0n) is 16.3. The molecule has 1 saturated heterocycles. The van der Waals surface area contributed by atoms with E-state index in [2.05, 4.69) is 34.5 Å². The van der Waals surface area contributed by atoms with Crippen LogP contribution in [0.3, 0.4) is 0 Å². The van der Waals surface area contributed by atoms with Crippen LogP contribution < -0.4 is 11.1 Å². The molecule has 0 aromatic heterocycles. The lowest BCUT2D eigenvalue weighted by atomic mass is 9.95. The summed E-state index contributed by atoms with van der Waals surface area (Å²) < 4.78 is 0. The Morgan fingerprint density at radius 1 is 1.07 bits per heavy atom. The van der Waals surface area contributed by atoms with Gasteiger partial charge < -0.3 is 16.0 Å². The van der Waals surface area contributed by atoms with Gasteiger partial charge in [0.05, 0.1) is 6.04 Å². The van der Waals surface area contributed by atoms with Crippen molar-refractivity contribution < 1.29 is 4.79 Å². The summed E-state index contributed by atoms with van der Waals surface area (Å²) in [6.07, 6.45) is 0. The fourth-order valence-electron chi connectivity index (χ4n) is 3.78. The molecule has 3 rings (SSSR count). The van der Waals surface area contributed by atoms with Gasteiger partial charge in [-0.05, 0) is 49.2 Å². The second-order valence-corrected chi connectivity index (χ2v) is 6.96. The number of hydrogen-bond donors (Lipinski definition) is 2. The van der Waals surface area contributed by atoms with E-state index in [0.29, 0.717) is 0 Å². The summed E-state index contributed by atoms with van der Waals surface area (Å²) in [6, 6.07) is 16.4. The van der Waals surface area contributed by atoms with Gasteiger partial charge in [-0.3, -0.25) is 9.69 Å². The minimum absolute atomic E-state index is 0.0919. The normalized spacial score (nSPS) is 16.1. The Labute approximate surface area is 162 Å². The van der Waals surface area contributed by atoms with E-state index in [1.165, 1.54) is 11.1 Å². The Morgan fingerprint density at radius 3 is 2.33 bits per heavy atom. The SMILES string of the molecule is CCN(CC)C(=O)c1ccc(C(c2cccc(N)c2)N2CCNCC2)cc1. The topological polar surface area (TPSA) is 61.6 Å². The van der Waals surface area contributed by atoms with Crippen LogP contribution in [0.5, 0.6) is 0 Å². The van der Waals surface area contributed by atoms with Crippen LogP contribution in [-0.2, 0) is 0 Å². The van der Waals surface area contributed by atoms with Crippen molar-refractivity contribution in [2.75, 3.05) is 45.0 Å². The number of nitrogens with two attached hydrogens (primary N) is 1. The van der Waals surface area contributed by atoms with Crippen molar-refractivity contribution in [3.05, 3.63) is 65.2 Å². The Morgan fingerprint density at radius 2 is 1.74 bits per heavy atom. The molecule has 5 heteroatoms. The molecule has 0 spiro atoms. The van der Waals surface area contributed by atoms with Gasteiger partial charge in [0, 0.05) is 50.5 Å². The minimum Gasteiger partial charge on any atom is -0.399 e. The van der Waals surface area contributed by atoms with E-state index in [-0.39, 0.29) is 11.9 Å². The van der Waals surface area contributed by atoms with Gasteiger partial charge in [0.15, 0.2) is 0 Å². The zero-order valence-corrected chi connectivity index (χ0v) is 16.3. The highest BCUT2D eigenvalue weighted by Gasteiger charge is 2.24. The molecule has 1 fully saturated rings. The highest BCUT2D eigenvalue weighted by atomic mass is 16.2. The van der Waals surface area contributed by atoms with E-state index in [9.17, 15) is 4.79 Å². The molecular formula is C22H30N4O. The Kier molecular flexibility index (Phi) is 6.48. The lowest BCUT2D eigenvalue weighted by Gasteiger charge is -2.35. The van der Waals surface area contributed by atoms with Crippen LogP contribution in [0.2, 0.25) is 0 Å². The third-order valence-corrected chi connectivity index (χ3v) is 5.27. The maximum Gasteiger partial charge on any atom is 0.253 e. The third-order valence-electron chi connectivity index (χ3n) is 5.27. The van der Waals surface area contributed by atoms with Gasteiger partial charge in [-0.25, -0.2) is 0 Å². The van der Waals surface area contributed by atoms with E-state index in [1.807, 2.05) is 43.0 Å². The highest BCUT2D eigenvalue weighted by Crippen LogP contribution is 2.30. The molecule has 0 bridgehead atoms. The van der Waals surface area contributed by atoms with E-state index in [4.69, 9.17) is 5.73 Å². The molecule has 1 atom stereocenters. The predicted octanol–water partition coefficient (Wildman–Crippen LogP) is 2.75. The number of piperazine rings is 1. The first-order valence-electron chi connectivity index (χ1n) is 9.83. The summed E-state index contributed by atoms with van der Waals surface area (Å²) in [7, 11) is 0. The molecule has 1 amide bonds. The van der Waals surface area contributed by atoms with Crippen molar-refractivity contribution >= 4 is 11.6 Å². The summed E-state index contributed by atoms with van der Waals surface area (Å²) in [5, 5.41) is 3.42. The van der Waals surface area contributed by atoms with E-state index < -0.39 is 0 Å². The van der Waals surface area contributed by atoms with Crippen LogP contribution >= 0.6 is 0 Å². The highest BCUT2D eigenvalue weighted by molar-refractivity contribution is 5.94. The maximum absolute atomic E-state index is 12.6. The van der Waals surface area contributed by atoms with Crippen molar-refractivity contribution in [2.24, 2.45) is 0 Å². The van der Waals surface area contributed by atoms with E-state index in [1.54, 1.807) is 0 Å². The number of nitrogens with one attached hydrogen (secondary N) is 1. The largest absolute Gasteiger partial charge is 0.399 e. The van der Waals surface area contributed by atoms with Gasteiger partial charge in [-0.1, -0.05) is 24.3 Å². The minimum atomic E-state index is 0.0919. The molecule has 1 aliphatic rings. The number of amides is 1. The molecule has 3 N–H and O–H groups in total. The molecule has 1 unspecified atom stereocenters. The molecule has 5 nitrogen and oxygen atoms in total. The average Bonchev–Trinajstić information content (AvgIpc) is 2.70. The van der Waals surface area contributed by atoms with Crippen molar-refractivity contribution in [1.29, 1.82) is 0 Å². The summed E-state index contributed by atoms with van der Waals surface area (Å²) >= 11 is 0. The standard InChI is InChI=1S/C22H30N4O/c1-3-25(4-2)22(27)18-10-8-17(9-11-18)21(26-14-12-24-13-15-26)19-6-5-7-20(23)16-19/h5-11,16,21,24H,3-4,12-15,23H2,1-2H3. The molecular weight excluding hydrogens is 336 g/mol. The number of anilines is 1.